The minimum Gasteiger partial charge on any atom is -0.456 e. The van der Waals surface area contributed by atoms with Gasteiger partial charge in [-0.15, -0.1) is 0 Å². The van der Waals surface area contributed by atoms with Gasteiger partial charge in [-0.3, -0.25) is 23.5 Å². The minimum absolute atomic E-state index is 0.0427. The highest BCUT2D eigenvalue weighted by Gasteiger charge is 2.16. The van der Waals surface area contributed by atoms with E-state index in [4.69, 9.17) is 4.74 Å². The summed E-state index contributed by atoms with van der Waals surface area (Å²) in [4.78, 5) is 54.0. The van der Waals surface area contributed by atoms with Gasteiger partial charge in [-0.2, -0.15) is 11.3 Å². The van der Waals surface area contributed by atoms with E-state index in [9.17, 15) is 19.2 Å². The molecular formula is C18H21N5O5S. The van der Waals surface area contributed by atoms with Crippen molar-refractivity contribution < 1.29 is 14.3 Å². The van der Waals surface area contributed by atoms with Gasteiger partial charge in [0, 0.05) is 34.2 Å². The van der Waals surface area contributed by atoms with E-state index in [1.807, 2.05) is 16.8 Å². The molecule has 0 saturated heterocycles. The summed E-state index contributed by atoms with van der Waals surface area (Å²) in [6.07, 6.45) is 1.36. The molecule has 0 fully saturated rings. The molecule has 154 valence electrons. The number of imidazole rings is 1. The molecule has 3 aromatic rings. The van der Waals surface area contributed by atoms with E-state index in [0.717, 1.165) is 10.1 Å². The SMILES string of the molecule is CN(Cc1ccsc1)C(=O)COC(=O)CCn1cnc2c1c(=O)n(C)c(=O)n2C. The number of hydrogen-bond acceptors (Lipinski definition) is 7. The highest BCUT2D eigenvalue weighted by molar-refractivity contribution is 7.07. The van der Waals surface area contributed by atoms with Crippen molar-refractivity contribution >= 4 is 34.4 Å². The zero-order valence-corrected chi connectivity index (χ0v) is 17.1. The molecule has 0 unspecified atom stereocenters. The second kappa shape index (κ2) is 8.43. The molecule has 29 heavy (non-hydrogen) atoms. The van der Waals surface area contributed by atoms with E-state index in [1.165, 1.54) is 34.5 Å². The highest BCUT2D eigenvalue weighted by atomic mass is 32.1. The van der Waals surface area contributed by atoms with Crippen molar-refractivity contribution in [2.24, 2.45) is 14.1 Å². The molecule has 3 rings (SSSR count). The second-order valence-corrected chi connectivity index (χ2v) is 7.39. The molecule has 0 radical (unpaired) electrons. The van der Waals surface area contributed by atoms with Crippen LogP contribution in [0.2, 0.25) is 0 Å². The Morgan fingerprint density at radius 2 is 2.00 bits per heavy atom. The number of nitrogens with zero attached hydrogens (tertiary/aromatic N) is 5. The Morgan fingerprint density at radius 1 is 1.24 bits per heavy atom. The average molecular weight is 419 g/mol. The number of amides is 1. The maximum atomic E-state index is 12.4. The summed E-state index contributed by atoms with van der Waals surface area (Å²) in [5, 5.41) is 3.88. The van der Waals surface area contributed by atoms with Gasteiger partial charge in [0.15, 0.2) is 17.8 Å². The zero-order valence-electron chi connectivity index (χ0n) is 16.3. The van der Waals surface area contributed by atoms with Gasteiger partial charge in [0.05, 0.1) is 12.7 Å². The normalized spacial score (nSPS) is 11.0. The quantitative estimate of drug-likeness (QED) is 0.502. The van der Waals surface area contributed by atoms with E-state index in [2.05, 4.69) is 4.98 Å². The molecule has 0 saturated carbocycles. The Kier molecular flexibility index (Phi) is 5.97. The van der Waals surface area contributed by atoms with Gasteiger partial charge in [-0.1, -0.05) is 0 Å². The Balaban J connectivity index is 1.58. The largest absolute Gasteiger partial charge is 0.456 e. The molecule has 3 aromatic heterocycles. The van der Waals surface area contributed by atoms with Crippen molar-refractivity contribution in [2.75, 3.05) is 13.7 Å². The fourth-order valence-corrected chi connectivity index (χ4v) is 3.51. The molecule has 10 nitrogen and oxygen atoms in total. The number of ether oxygens (including phenoxy) is 1. The summed E-state index contributed by atoms with van der Waals surface area (Å²) in [6, 6.07) is 1.93. The molecule has 0 spiro atoms. The number of carbonyl (C=O) groups is 2. The van der Waals surface area contributed by atoms with Crippen LogP contribution in [0.25, 0.3) is 11.2 Å². The molecule has 0 N–H and O–H groups in total. The van der Waals surface area contributed by atoms with E-state index in [-0.39, 0.29) is 36.6 Å². The van der Waals surface area contributed by atoms with Crippen molar-refractivity contribution in [3.05, 3.63) is 49.6 Å². The van der Waals surface area contributed by atoms with Crippen LogP contribution in [0.4, 0.5) is 0 Å². The fraction of sp³-hybridized carbons (Fsp3) is 0.389. The zero-order chi connectivity index (χ0) is 21.1. The molecule has 11 heteroatoms. The van der Waals surface area contributed by atoms with Crippen LogP contribution >= 0.6 is 11.3 Å². The number of aryl methyl sites for hydroxylation is 2. The number of aromatic nitrogens is 4. The highest BCUT2D eigenvalue weighted by Crippen LogP contribution is 2.09. The number of hydrogen-bond donors (Lipinski definition) is 0. The summed E-state index contributed by atoms with van der Waals surface area (Å²) in [5.41, 5.74) is 0.530. The summed E-state index contributed by atoms with van der Waals surface area (Å²) in [6.45, 7) is 0.241. The number of likely N-dealkylation sites (N-methyl/N-ethyl adjacent to an activating group) is 1. The molecule has 0 aliphatic heterocycles. The number of fused-ring (bicyclic) bond motifs is 1. The Bertz CT molecular complexity index is 1160. The van der Waals surface area contributed by atoms with Crippen LogP contribution in [0.1, 0.15) is 12.0 Å². The lowest BCUT2D eigenvalue weighted by Gasteiger charge is -2.16. The van der Waals surface area contributed by atoms with E-state index in [0.29, 0.717) is 6.54 Å². The minimum atomic E-state index is -0.564. The van der Waals surface area contributed by atoms with Crippen LogP contribution in [0.5, 0.6) is 0 Å². The standard InChI is InChI=1S/C18H21N5O5S/c1-20(8-12-5-7-29-10-12)13(24)9-28-14(25)4-6-23-11-19-16-15(23)17(26)22(3)18(27)21(16)2/h5,7,10-11H,4,6,8-9H2,1-3H3. The Hall–Kier alpha value is -3.21. The van der Waals surface area contributed by atoms with Crippen molar-refractivity contribution in [3.63, 3.8) is 0 Å². The molecule has 0 aliphatic carbocycles. The third kappa shape index (κ3) is 4.29. The molecule has 0 aromatic carbocycles. The first-order chi connectivity index (χ1) is 13.8. The average Bonchev–Trinajstić information content (AvgIpc) is 3.36. The van der Waals surface area contributed by atoms with Gasteiger partial charge in [-0.05, 0) is 22.4 Å². The van der Waals surface area contributed by atoms with Crippen LogP contribution in [0.15, 0.2) is 32.7 Å². The lowest BCUT2D eigenvalue weighted by molar-refractivity contribution is -0.151. The third-order valence-corrected chi connectivity index (χ3v) is 5.29. The molecular weight excluding hydrogens is 398 g/mol. The van der Waals surface area contributed by atoms with Gasteiger partial charge < -0.3 is 14.2 Å². The van der Waals surface area contributed by atoms with Gasteiger partial charge >= 0.3 is 11.7 Å². The molecule has 3 heterocycles. The lowest BCUT2D eigenvalue weighted by Crippen LogP contribution is -2.37. The first-order valence-electron chi connectivity index (χ1n) is 8.81. The number of esters is 1. The summed E-state index contributed by atoms with van der Waals surface area (Å²) in [5.74, 6) is -0.868. The summed E-state index contributed by atoms with van der Waals surface area (Å²) < 4.78 is 8.81. The van der Waals surface area contributed by atoms with Crippen molar-refractivity contribution in [3.8, 4) is 0 Å². The molecule has 0 bridgehead atoms. The predicted molar refractivity (Wildman–Crippen MR) is 107 cm³/mol. The molecule has 1 amide bonds. The van der Waals surface area contributed by atoms with Crippen LogP contribution in [-0.2, 0) is 41.5 Å². The number of thiophene rings is 1. The van der Waals surface area contributed by atoms with Gasteiger partial charge in [-0.25, -0.2) is 9.78 Å². The van der Waals surface area contributed by atoms with Gasteiger partial charge in [0.1, 0.15) is 0 Å². The van der Waals surface area contributed by atoms with Crippen LogP contribution < -0.4 is 11.2 Å². The second-order valence-electron chi connectivity index (χ2n) is 6.61. The maximum Gasteiger partial charge on any atom is 0.332 e. The maximum absolute atomic E-state index is 12.4. The van der Waals surface area contributed by atoms with E-state index in [1.54, 1.807) is 18.4 Å². The Morgan fingerprint density at radius 3 is 2.69 bits per heavy atom. The monoisotopic (exact) mass is 419 g/mol. The predicted octanol–water partition coefficient (Wildman–Crippen LogP) is 0.0871. The first-order valence-corrected chi connectivity index (χ1v) is 9.75. The van der Waals surface area contributed by atoms with Crippen LogP contribution in [0, 0.1) is 0 Å². The van der Waals surface area contributed by atoms with Crippen molar-refractivity contribution in [1.29, 1.82) is 0 Å². The van der Waals surface area contributed by atoms with Crippen LogP contribution in [-0.4, -0.2) is 49.1 Å². The first kappa shape index (κ1) is 20.5. The van der Waals surface area contributed by atoms with Crippen molar-refractivity contribution in [2.45, 2.75) is 19.5 Å². The number of rotatable bonds is 7. The topological polar surface area (TPSA) is 108 Å². The summed E-state index contributed by atoms with van der Waals surface area (Å²) in [7, 11) is 4.55. The Labute approximate surface area is 169 Å². The van der Waals surface area contributed by atoms with Gasteiger partial charge in [0.2, 0.25) is 0 Å². The van der Waals surface area contributed by atoms with Crippen LogP contribution in [0.3, 0.4) is 0 Å². The van der Waals surface area contributed by atoms with Crippen molar-refractivity contribution in [1.82, 2.24) is 23.6 Å². The lowest BCUT2D eigenvalue weighted by atomic mass is 10.3. The molecule has 0 atom stereocenters. The third-order valence-electron chi connectivity index (χ3n) is 4.56. The molecule has 0 aliphatic rings. The van der Waals surface area contributed by atoms with Gasteiger partial charge in [0.25, 0.3) is 11.5 Å². The fourth-order valence-electron chi connectivity index (χ4n) is 2.85. The summed E-state index contributed by atoms with van der Waals surface area (Å²) >= 11 is 1.55. The smallest absolute Gasteiger partial charge is 0.332 e. The van der Waals surface area contributed by atoms with E-state index < -0.39 is 17.2 Å². The number of carbonyl (C=O) groups excluding carboxylic acids is 2. The van der Waals surface area contributed by atoms with E-state index >= 15 is 0 Å².